The van der Waals surface area contributed by atoms with E-state index in [2.05, 4.69) is 0 Å². The van der Waals surface area contributed by atoms with Crippen LogP contribution < -0.4 is 4.74 Å². The number of rotatable bonds is 3. The third-order valence-electron chi connectivity index (χ3n) is 1.82. The highest BCUT2D eigenvalue weighted by Crippen LogP contribution is 2.17. The van der Waals surface area contributed by atoms with Crippen molar-refractivity contribution in [2.75, 3.05) is 6.61 Å². The summed E-state index contributed by atoms with van der Waals surface area (Å²) in [4.78, 5) is 22.3. The maximum Gasteiger partial charge on any atom is 0.338 e. The van der Waals surface area contributed by atoms with Gasteiger partial charge in [0.05, 0.1) is 12.2 Å². The van der Waals surface area contributed by atoms with Gasteiger partial charge in [0.15, 0.2) is 0 Å². The molecule has 0 radical (unpaired) electrons. The van der Waals surface area contributed by atoms with Gasteiger partial charge >= 0.3 is 11.9 Å². The van der Waals surface area contributed by atoms with Crippen LogP contribution in [-0.2, 0) is 9.53 Å². The molecular weight excluding hydrogens is 208 g/mol. The molecule has 0 heterocycles. The van der Waals surface area contributed by atoms with E-state index in [1.165, 1.54) is 13.0 Å². The average Bonchev–Trinajstić information content (AvgIpc) is 2.15. The summed E-state index contributed by atoms with van der Waals surface area (Å²) in [6.45, 7) is 5.18. The molecule has 0 spiro atoms. The normalized spacial score (nSPS) is 9.69. The molecule has 0 aromatic heterocycles. The molecule has 0 aliphatic carbocycles. The van der Waals surface area contributed by atoms with E-state index in [1.54, 1.807) is 19.1 Å². The fourth-order valence-corrected chi connectivity index (χ4v) is 1.31. The summed E-state index contributed by atoms with van der Waals surface area (Å²) in [5.41, 5.74) is 1.22. The Kier molecular flexibility index (Phi) is 4.05. The number of esters is 2. The molecule has 0 saturated heterocycles. The molecule has 0 unspecified atom stereocenters. The minimum atomic E-state index is -0.417. The fraction of sp³-hybridized carbons (Fsp3) is 0.333. The van der Waals surface area contributed by atoms with E-state index in [-0.39, 0.29) is 0 Å². The molecule has 1 aromatic rings. The molecule has 0 aliphatic heterocycles. The highest BCUT2D eigenvalue weighted by atomic mass is 16.5. The largest absolute Gasteiger partial charge is 0.462 e. The zero-order valence-corrected chi connectivity index (χ0v) is 9.57. The lowest BCUT2D eigenvalue weighted by Gasteiger charge is -2.06. The van der Waals surface area contributed by atoms with Crippen molar-refractivity contribution in [3.05, 3.63) is 29.3 Å². The van der Waals surface area contributed by atoms with Gasteiger partial charge in [0.2, 0.25) is 0 Å². The summed E-state index contributed by atoms with van der Waals surface area (Å²) in [7, 11) is 0. The van der Waals surface area contributed by atoms with Crippen LogP contribution in [0.2, 0.25) is 0 Å². The average molecular weight is 222 g/mol. The Hall–Kier alpha value is -1.84. The van der Waals surface area contributed by atoms with Crippen molar-refractivity contribution in [1.82, 2.24) is 0 Å². The summed E-state index contributed by atoms with van der Waals surface area (Å²) in [6.07, 6.45) is 0. The van der Waals surface area contributed by atoms with Crippen molar-refractivity contribution in [1.29, 1.82) is 0 Å². The van der Waals surface area contributed by atoms with Crippen LogP contribution in [0.1, 0.15) is 29.8 Å². The maximum atomic E-state index is 11.5. The monoisotopic (exact) mass is 222 g/mol. The van der Waals surface area contributed by atoms with E-state index < -0.39 is 11.9 Å². The third kappa shape index (κ3) is 3.38. The van der Waals surface area contributed by atoms with E-state index in [0.29, 0.717) is 17.9 Å². The molecule has 1 aromatic carbocycles. The van der Waals surface area contributed by atoms with Gasteiger partial charge in [0, 0.05) is 6.92 Å². The van der Waals surface area contributed by atoms with Crippen molar-refractivity contribution < 1.29 is 19.1 Å². The maximum absolute atomic E-state index is 11.5. The predicted octanol–water partition coefficient (Wildman–Crippen LogP) is 2.10. The Labute approximate surface area is 94.2 Å². The van der Waals surface area contributed by atoms with Gasteiger partial charge in [-0.15, -0.1) is 0 Å². The Morgan fingerprint density at radius 3 is 2.50 bits per heavy atom. The van der Waals surface area contributed by atoms with Crippen molar-refractivity contribution in [3.63, 3.8) is 0 Å². The fourth-order valence-electron chi connectivity index (χ4n) is 1.31. The van der Waals surface area contributed by atoms with Crippen molar-refractivity contribution in [2.45, 2.75) is 20.8 Å². The molecule has 0 amide bonds. The van der Waals surface area contributed by atoms with E-state index in [9.17, 15) is 9.59 Å². The van der Waals surface area contributed by atoms with Crippen LogP contribution in [0.5, 0.6) is 5.75 Å². The van der Waals surface area contributed by atoms with Gasteiger partial charge in [-0.25, -0.2) is 4.79 Å². The molecule has 86 valence electrons. The molecule has 0 aliphatic rings. The lowest BCUT2D eigenvalue weighted by atomic mass is 10.1. The van der Waals surface area contributed by atoms with Gasteiger partial charge in [-0.3, -0.25) is 4.79 Å². The molecule has 4 heteroatoms. The zero-order valence-electron chi connectivity index (χ0n) is 9.57. The number of hydrogen-bond acceptors (Lipinski definition) is 4. The van der Waals surface area contributed by atoms with E-state index in [0.717, 1.165) is 5.56 Å². The van der Waals surface area contributed by atoms with Crippen LogP contribution in [0.25, 0.3) is 0 Å². The number of carbonyl (C=O) groups excluding carboxylic acids is 2. The lowest BCUT2D eigenvalue weighted by molar-refractivity contribution is -0.131. The first-order valence-corrected chi connectivity index (χ1v) is 5.00. The van der Waals surface area contributed by atoms with Gasteiger partial charge in [-0.05, 0) is 37.6 Å². The molecule has 0 fully saturated rings. The summed E-state index contributed by atoms with van der Waals surface area (Å²) in [5, 5.41) is 0. The van der Waals surface area contributed by atoms with E-state index >= 15 is 0 Å². The molecule has 0 atom stereocenters. The standard InChI is InChI=1S/C12H14O4/c1-4-15-12(14)10-5-8(2)6-11(7-10)16-9(3)13/h5-7H,4H2,1-3H3. The molecule has 0 saturated carbocycles. The Morgan fingerprint density at radius 2 is 1.94 bits per heavy atom. The Balaban J connectivity index is 2.97. The van der Waals surface area contributed by atoms with Gasteiger partial charge in [-0.2, -0.15) is 0 Å². The first kappa shape index (κ1) is 12.2. The van der Waals surface area contributed by atoms with E-state index in [1.807, 2.05) is 6.92 Å². The smallest absolute Gasteiger partial charge is 0.338 e. The van der Waals surface area contributed by atoms with Crippen LogP contribution in [0.4, 0.5) is 0 Å². The van der Waals surface area contributed by atoms with Gasteiger partial charge in [0.1, 0.15) is 5.75 Å². The van der Waals surface area contributed by atoms with Crippen molar-refractivity contribution >= 4 is 11.9 Å². The van der Waals surface area contributed by atoms with Gasteiger partial charge < -0.3 is 9.47 Å². The van der Waals surface area contributed by atoms with Crippen LogP contribution in [-0.4, -0.2) is 18.5 Å². The van der Waals surface area contributed by atoms with Crippen LogP contribution in [0.3, 0.4) is 0 Å². The highest BCUT2D eigenvalue weighted by molar-refractivity contribution is 5.90. The summed E-state index contributed by atoms with van der Waals surface area (Å²) in [5.74, 6) is -0.476. The zero-order chi connectivity index (χ0) is 12.1. The van der Waals surface area contributed by atoms with Crippen molar-refractivity contribution in [2.24, 2.45) is 0 Å². The molecule has 4 nitrogen and oxygen atoms in total. The first-order valence-electron chi connectivity index (χ1n) is 5.00. The third-order valence-corrected chi connectivity index (χ3v) is 1.82. The van der Waals surface area contributed by atoms with Crippen LogP contribution in [0, 0.1) is 6.92 Å². The SMILES string of the molecule is CCOC(=O)c1cc(C)cc(OC(C)=O)c1. The van der Waals surface area contributed by atoms with Crippen molar-refractivity contribution in [3.8, 4) is 5.75 Å². The lowest BCUT2D eigenvalue weighted by Crippen LogP contribution is -2.07. The minimum absolute atomic E-state index is 0.315. The topological polar surface area (TPSA) is 52.6 Å². The molecule has 16 heavy (non-hydrogen) atoms. The molecule has 1 rings (SSSR count). The molecule has 0 bridgehead atoms. The van der Waals surface area contributed by atoms with Gasteiger partial charge in [-0.1, -0.05) is 0 Å². The molecule has 0 N–H and O–H groups in total. The van der Waals surface area contributed by atoms with Gasteiger partial charge in [0.25, 0.3) is 0 Å². The predicted molar refractivity (Wildman–Crippen MR) is 58.4 cm³/mol. The van der Waals surface area contributed by atoms with E-state index in [4.69, 9.17) is 9.47 Å². The quantitative estimate of drug-likeness (QED) is 0.580. The number of ether oxygens (including phenoxy) is 2. The first-order chi connectivity index (χ1) is 7.52. The summed E-state index contributed by atoms with van der Waals surface area (Å²) in [6, 6.07) is 4.86. The number of aryl methyl sites for hydroxylation is 1. The summed E-state index contributed by atoms with van der Waals surface area (Å²) < 4.78 is 9.78. The number of carbonyl (C=O) groups is 2. The number of benzene rings is 1. The second-order valence-electron chi connectivity index (χ2n) is 3.35. The van der Waals surface area contributed by atoms with Crippen LogP contribution >= 0.6 is 0 Å². The Morgan fingerprint density at radius 1 is 1.25 bits per heavy atom. The molecular formula is C12H14O4. The second kappa shape index (κ2) is 5.30. The highest BCUT2D eigenvalue weighted by Gasteiger charge is 2.09. The number of hydrogen-bond donors (Lipinski definition) is 0. The summed E-state index contributed by atoms with van der Waals surface area (Å²) >= 11 is 0. The second-order valence-corrected chi connectivity index (χ2v) is 3.35. The van der Waals surface area contributed by atoms with Crippen LogP contribution in [0.15, 0.2) is 18.2 Å². The minimum Gasteiger partial charge on any atom is -0.462 e. The Bertz CT molecular complexity index is 409.